The zero-order valence-electron chi connectivity index (χ0n) is 8.61. The van der Waals surface area contributed by atoms with Gasteiger partial charge in [0.25, 0.3) is 0 Å². The molecule has 0 spiro atoms. The van der Waals surface area contributed by atoms with Gasteiger partial charge in [-0.2, -0.15) is 0 Å². The van der Waals surface area contributed by atoms with Crippen LogP contribution in [0.15, 0.2) is 18.2 Å². The fourth-order valence-electron chi connectivity index (χ4n) is 1.58. The van der Waals surface area contributed by atoms with E-state index >= 15 is 0 Å². The van der Waals surface area contributed by atoms with E-state index in [4.69, 9.17) is 16.7 Å². The Morgan fingerprint density at radius 3 is 2.71 bits per heavy atom. The Morgan fingerprint density at radius 2 is 2.12 bits per heavy atom. The van der Waals surface area contributed by atoms with Gasteiger partial charge in [-0.05, 0) is 18.6 Å². The number of halogens is 2. The van der Waals surface area contributed by atoms with E-state index in [0.29, 0.717) is 6.42 Å². The van der Waals surface area contributed by atoms with Crippen molar-refractivity contribution in [3.05, 3.63) is 29.0 Å². The van der Waals surface area contributed by atoms with Crippen LogP contribution in [0.2, 0.25) is 5.02 Å². The second kappa shape index (κ2) is 4.33. The molecule has 0 aliphatic heterocycles. The van der Waals surface area contributed by atoms with Crippen molar-refractivity contribution in [3.8, 4) is 0 Å². The molecule has 2 unspecified atom stereocenters. The topological polar surface area (TPSA) is 66.4 Å². The Morgan fingerprint density at radius 1 is 1.41 bits per heavy atom. The molecular formula is C11H9ClFNO3. The summed E-state index contributed by atoms with van der Waals surface area (Å²) in [4.78, 5) is 22.1. The number of hydrogen-bond donors (Lipinski definition) is 2. The minimum atomic E-state index is -1.00. The highest BCUT2D eigenvalue weighted by Crippen LogP contribution is 2.39. The summed E-state index contributed by atoms with van der Waals surface area (Å²) >= 11 is 5.55. The molecule has 1 aliphatic rings. The van der Waals surface area contributed by atoms with Crippen molar-refractivity contribution in [3.63, 3.8) is 0 Å². The van der Waals surface area contributed by atoms with Gasteiger partial charge in [0.1, 0.15) is 0 Å². The van der Waals surface area contributed by atoms with Crippen LogP contribution >= 0.6 is 11.6 Å². The van der Waals surface area contributed by atoms with Gasteiger partial charge in [0.2, 0.25) is 5.91 Å². The molecule has 1 aromatic rings. The maximum atomic E-state index is 13.4. The summed E-state index contributed by atoms with van der Waals surface area (Å²) in [5, 5.41) is 10.9. The normalized spacial score (nSPS) is 22.0. The molecule has 1 amide bonds. The lowest BCUT2D eigenvalue weighted by Gasteiger charge is -2.06. The number of benzene rings is 1. The Kier molecular flexibility index (Phi) is 3.02. The predicted molar refractivity (Wildman–Crippen MR) is 59.3 cm³/mol. The molecule has 0 bridgehead atoms. The molecule has 0 heterocycles. The van der Waals surface area contributed by atoms with Crippen LogP contribution in [0.25, 0.3) is 0 Å². The van der Waals surface area contributed by atoms with Crippen molar-refractivity contribution >= 4 is 29.2 Å². The van der Waals surface area contributed by atoms with Crippen molar-refractivity contribution in [2.24, 2.45) is 11.8 Å². The first kappa shape index (κ1) is 11.9. The van der Waals surface area contributed by atoms with E-state index in [0.717, 1.165) is 0 Å². The van der Waals surface area contributed by atoms with E-state index in [9.17, 15) is 14.0 Å². The van der Waals surface area contributed by atoms with E-state index in [2.05, 4.69) is 5.32 Å². The minimum absolute atomic E-state index is 0.0291. The van der Waals surface area contributed by atoms with Crippen molar-refractivity contribution in [2.45, 2.75) is 6.42 Å². The number of hydrogen-bond acceptors (Lipinski definition) is 2. The van der Waals surface area contributed by atoms with Crippen LogP contribution in [0.1, 0.15) is 6.42 Å². The number of anilines is 1. The van der Waals surface area contributed by atoms with Crippen molar-refractivity contribution in [2.75, 3.05) is 5.32 Å². The first-order valence-corrected chi connectivity index (χ1v) is 5.36. The molecule has 0 saturated heterocycles. The molecule has 0 radical (unpaired) electrons. The smallest absolute Gasteiger partial charge is 0.307 e. The van der Waals surface area contributed by atoms with E-state index < -0.39 is 29.5 Å². The van der Waals surface area contributed by atoms with Crippen molar-refractivity contribution in [1.82, 2.24) is 0 Å². The van der Waals surface area contributed by atoms with Gasteiger partial charge in [0.05, 0.1) is 22.5 Å². The van der Waals surface area contributed by atoms with Crippen LogP contribution in [0.4, 0.5) is 10.1 Å². The molecule has 4 nitrogen and oxygen atoms in total. The molecule has 90 valence electrons. The number of carboxylic acid groups (broad SMARTS) is 1. The third kappa shape index (κ3) is 2.39. The summed E-state index contributed by atoms with van der Waals surface area (Å²) in [6.45, 7) is 0. The van der Waals surface area contributed by atoms with E-state index in [-0.39, 0.29) is 10.7 Å². The van der Waals surface area contributed by atoms with Gasteiger partial charge in [-0.1, -0.05) is 17.7 Å². The zero-order valence-corrected chi connectivity index (χ0v) is 9.37. The maximum Gasteiger partial charge on any atom is 0.307 e. The first-order chi connectivity index (χ1) is 8.00. The monoisotopic (exact) mass is 257 g/mol. The molecule has 1 aliphatic carbocycles. The van der Waals surface area contributed by atoms with Crippen molar-refractivity contribution in [1.29, 1.82) is 0 Å². The van der Waals surface area contributed by atoms with Gasteiger partial charge in [0, 0.05) is 0 Å². The van der Waals surface area contributed by atoms with E-state index in [1.165, 1.54) is 18.2 Å². The van der Waals surface area contributed by atoms with Crippen LogP contribution in [-0.2, 0) is 9.59 Å². The highest BCUT2D eigenvalue weighted by Gasteiger charge is 2.48. The Bertz CT molecular complexity index is 492. The maximum absolute atomic E-state index is 13.4. The largest absolute Gasteiger partial charge is 0.481 e. The molecule has 1 saturated carbocycles. The van der Waals surface area contributed by atoms with Crippen LogP contribution in [0.3, 0.4) is 0 Å². The molecule has 0 aromatic heterocycles. The second-order valence-electron chi connectivity index (χ2n) is 3.88. The molecule has 17 heavy (non-hydrogen) atoms. The van der Waals surface area contributed by atoms with Gasteiger partial charge in [-0.15, -0.1) is 0 Å². The molecule has 2 N–H and O–H groups in total. The van der Waals surface area contributed by atoms with Crippen molar-refractivity contribution < 1.29 is 19.1 Å². The predicted octanol–water partition coefficient (Wildman–Crippen LogP) is 2.14. The molecule has 2 rings (SSSR count). The summed E-state index contributed by atoms with van der Waals surface area (Å²) in [7, 11) is 0. The lowest BCUT2D eigenvalue weighted by molar-refractivity contribution is -0.139. The number of amides is 1. The van der Waals surface area contributed by atoms with Gasteiger partial charge in [-0.25, -0.2) is 4.39 Å². The average Bonchev–Trinajstić information content (AvgIpc) is 3.04. The molecule has 6 heteroatoms. The van der Waals surface area contributed by atoms with E-state index in [1.807, 2.05) is 0 Å². The van der Waals surface area contributed by atoms with Gasteiger partial charge in [-0.3, -0.25) is 9.59 Å². The highest BCUT2D eigenvalue weighted by molar-refractivity contribution is 6.31. The Labute approximate surface area is 101 Å². The molecule has 1 aromatic carbocycles. The molecular weight excluding hydrogens is 249 g/mol. The third-order valence-corrected chi connectivity index (χ3v) is 2.95. The Balaban J connectivity index is 2.05. The number of carbonyl (C=O) groups is 2. The van der Waals surface area contributed by atoms with E-state index in [1.54, 1.807) is 0 Å². The Hall–Kier alpha value is -1.62. The number of rotatable bonds is 3. The quantitative estimate of drug-likeness (QED) is 0.872. The van der Waals surface area contributed by atoms with Crippen LogP contribution < -0.4 is 5.32 Å². The summed E-state index contributed by atoms with van der Waals surface area (Å²) < 4.78 is 13.4. The summed E-state index contributed by atoms with van der Waals surface area (Å²) in [6.07, 6.45) is 0.295. The number of carbonyl (C=O) groups excluding carboxylic acids is 1. The zero-order chi connectivity index (χ0) is 12.6. The number of carboxylic acids is 1. The SMILES string of the molecule is O=C(O)C1CC1C(=O)Nc1cccc(Cl)c1F. The average molecular weight is 258 g/mol. The van der Waals surface area contributed by atoms with Gasteiger partial charge < -0.3 is 10.4 Å². The highest BCUT2D eigenvalue weighted by atomic mass is 35.5. The summed E-state index contributed by atoms with van der Waals surface area (Å²) in [6, 6.07) is 4.24. The van der Waals surface area contributed by atoms with Crippen LogP contribution in [0.5, 0.6) is 0 Å². The number of nitrogens with one attached hydrogen (secondary N) is 1. The number of aliphatic carboxylic acids is 1. The molecule has 1 fully saturated rings. The standard InChI is InChI=1S/C11H9ClFNO3/c12-7-2-1-3-8(9(7)13)14-10(15)5-4-6(5)11(16)17/h1-3,5-6H,4H2,(H,14,15)(H,16,17). The van der Waals surface area contributed by atoms with Crippen LogP contribution in [-0.4, -0.2) is 17.0 Å². The second-order valence-corrected chi connectivity index (χ2v) is 4.28. The minimum Gasteiger partial charge on any atom is -0.481 e. The lowest BCUT2D eigenvalue weighted by Crippen LogP contribution is -2.17. The van der Waals surface area contributed by atoms with Gasteiger partial charge in [0.15, 0.2) is 5.82 Å². The van der Waals surface area contributed by atoms with Crippen LogP contribution in [0, 0.1) is 17.7 Å². The first-order valence-electron chi connectivity index (χ1n) is 4.98. The molecule has 2 atom stereocenters. The summed E-state index contributed by atoms with van der Waals surface area (Å²) in [5.41, 5.74) is -0.0291. The fourth-order valence-corrected chi connectivity index (χ4v) is 1.76. The third-order valence-electron chi connectivity index (χ3n) is 2.65. The lowest BCUT2D eigenvalue weighted by atomic mass is 10.2. The fraction of sp³-hybridized carbons (Fsp3) is 0.273. The van der Waals surface area contributed by atoms with Gasteiger partial charge >= 0.3 is 5.97 Å². The summed E-state index contributed by atoms with van der Waals surface area (Å²) in [5.74, 6) is -3.44.